The third kappa shape index (κ3) is 4.63. The van der Waals surface area contributed by atoms with Gasteiger partial charge in [0, 0.05) is 18.7 Å². The standard InChI is InChI=1S/C22H26N2O4/c1-3-13-28-18-11-9-17(10-12-18)24-15-16(14-21(24)25)22(26)23-19-7-5-6-8-20(19)27-4-2/h5-12,16H,3-4,13-15H2,1-2H3,(H,23,26). The number of amides is 2. The van der Waals surface area contributed by atoms with Gasteiger partial charge in [-0.2, -0.15) is 0 Å². The first-order valence-electron chi connectivity index (χ1n) is 9.68. The average molecular weight is 382 g/mol. The number of hydrogen-bond acceptors (Lipinski definition) is 4. The van der Waals surface area contributed by atoms with E-state index in [0.717, 1.165) is 17.9 Å². The van der Waals surface area contributed by atoms with Crippen LogP contribution in [0.25, 0.3) is 0 Å². The van der Waals surface area contributed by atoms with Gasteiger partial charge in [-0.25, -0.2) is 0 Å². The van der Waals surface area contributed by atoms with Gasteiger partial charge in [0.05, 0.1) is 24.8 Å². The summed E-state index contributed by atoms with van der Waals surface area (Å²) in [5.74, 6) is 0.769. The molecule has 6 heteroatoms. The van der Waals surface area contributed by atoms with Gasteiger partial charge >= 0.3 is 0 Å². The number of nitrogens with one attached hydrogen (secondary N) is 1. The van der Waals surface area contributed by atoms with E-state index in [1.807, 2.05) is 49.4 Å². The molecule has 0 saturated carbocycles. The van der Waals surface area contributed by atoms with Crippen LogP contribution in [0.2, 0.25) is 0 Å². The largest absolute Gasteiger partial charge is 0.494 e. The molecule has 2 aromatic carbocycles. The molecule has 0 aromatic heterocycles. The molecule has 1 saturated heterocycles. The highest BCUT2D eigenvalue weighted by atomic mass is 16.5. The van der Waals surface area contributed by atoms with Gasteiger partial charge in [0.2, 0.25) is 11.8 Å². The van der Waals surface area contributed by atoms with E-state index in [1.54, 1.807) is 11.0 Å². The van der Waals surface area contributed by atoms with Crippen LogP contribution in [-0.4, -0.2) is 31.6 Å². The van der Waals surface area contributed by atoms with Crippen LogP contribution >= 0.6 is 0 Å². The SMILES string of the molecule is CCCOc1ccc(N2CC(C(=O)Nc3ccccc3OCC)CC2=O)cc1. The smallest absolute Gasteiger partial charge is 0.229 e. The highest BCUT2D eigenvalue weighted by molar-refractivity contribution is 6.03. The quantitative estimate of drug-likeness (QED) is 0.753. The topological polar surface area (TPSA) is 67.9 Å². The molecular formula is C22H26N2O4. The predicted octanol–water partition coefficient (Wildman–Crippen LogP) is 3.87. The van der Waals surface area contributed by atoms with Crippen molar-refractivity contribution in [2.75, 3.05) is 30.0 Å². The Morgan fingerprint density at radius 3 is 2.57 bits per heavy atom. The highest BCUT2D eigenvalue weighted by Crippen LogP contribution is 2.29. The summed E-state index contributed by atoms with van der Waals surface area (Å²) in [5.41, 5.74) is 1.40. The maximum Gasteiger partial charge on any atom is 0.229 e. The Labute approximate surface area is 165 Å². The van der Waals surface area contributed by atoms with Crippen LogP contribution in [-0.2, 0) is 9.59 Å². The molecule has 1 unspecified atom stereocenters. The number of carbonyl (C=O) groups is 2. The van der Waals surface area contributed by atoms with E-state index in [-0.39, 0.29) is 18.2 Å². The lowest BCUT2D eigenvalue weighted by atomic mass is 10.1. The van der Waals surface area contributed by atoms with Crippen LogP contribution < -0.4 is 19.7 Å². The maximum absolute atomic E-state index is 12.7. The fraction of sp³-hybridized carbons (Fsp3) is 0.364. The second-order valence-corrected chi connectivity index (χ2v) is 6.67. The van der Waals surface area contributed by atoms with Gasteiger partial charge in [0.1, 0.15) is 11.5 Å². The van der Waals surface area contributed by atoms with Crippen LogP contribution in [0.5, 0.6) is 11.5 Å². The number of benzene rings is 2. The number of carbonyl (C=O) groups excluding carboxylic acids is 2. The minimum Gasteiger partial charge on any atom is -0.494 e. The number of rotatable bonds is 8. The lowest BCUT2D eigenvalue weighted by Gasteiger charge is -2.18. The molecule has 28 heavy (non-hydrogen) atoms. The van der Waals surface area contributed by atoms with Crippen LogP contribution in [0, 0.1) is 5.92 Å². The van der Waals surface area contributed by atoms with Gasteiger partial charge in [0.15, 0.2) is 0 Å². The summed E-state index contributed by atoms with van der Waals surface area (Å²) >= 11 is 0. The number of nitrogens with zero attached hydrogens (tertiary/aromatic N) is 1. The number of hydrogen-bond donors (Lipinski definition) is 1. The van der Waals surface area contributed by atoms with E-state index in [1.165, 1.54) is 0 Å². The van der Waals surface area contributed by atoms with Crippen LogP contribution in [0.4, 0.5) is 11.4 Å². The fourth-order valence-electron chi connectivity index (χ4n) is 3.16. The molecule has 2 amide bonds. The molecule has 1 atom stereocenters. The van der Waals surface area contributed by atoms with Crippen molar-refractivity contribution in [1.82, 2.24) is 0 Å². The normalized spacial score (nSPS) is 16.1. The molecule has 3 rings (SSSR count). The Morgan fingerprint density at radius 2 is 1.86 bits per heavy atom. The van der Waals surface area contributed by atoms with Gasteiger partial charge in [0.25, 0.3) is 0 Å². The lowest BCUT2D eigenvalue weighted by molar-refractivity contribution is -0.122. The van der Waals surface area contributed by atoms with E-state index in [2.05, 4.69) is 12.2 Å². The van der Waals surface area contributed by atoms with E-state index in [9.17, 15) is 9.59 Å². The van der Waals surface area contributed by atoms with Crippen molar-refractivity contribution in [2.45, 2.75) is 26.7 Å². The molecule has 1 aliphatic rings. The zero-order valence-corrected chi connectivity index (χ0v) is 16.3. The fourth-order valence-corrected chi connectivity index (χ4v) is 3.16. The van der Waals surface area contributed by atoms with Crippen molar-refractivity contribution in [3.63, 3.8) is 0 Å². The van der Waals surface area contributed by atoms with Crippen molar-refractivity contribution >= 4 is 23.2 Å². The molecule has 1 aliphatic heterocycles. The summed E-state index contributed by atoms with van der Waals surface area (Å²) in [6, 6.07) is 14.7. The molecule has 0 bridgehead atoms. The summed E-state index contributed by atoms with van der Waals surface area (Å²) in [6.45, 7) is 5.48. The Bertz CT molecular complexity index is 820. The van der Waals surface area contributed by atoms with Crippen molar-refractivity contribution in [1.29, 1.82) is 0 Å². The Morgan fingerprint density at radius 1 is 1.11 bits per heavy atom. The minimum absolute atomic E-state index is 0.0551. The molecule has 148 valence electrons. The van der Waals surface area contributed by atoms with Gasteiger partial charge in [-0.1, -0.05) is 19.1 Å². The second-order valence-electron chi connectivity index (χ2n) is 6.67. The molecule has 2 aromatic rings. The first kappa shape index (κ1) is 19.7. The lowest BCUT2D eigenvalue weighted by Crippen LogP contribution is -2.28. The van der Waals surface area contributed by atoms with Crippen LogP contribution in [0.1, 0.15) is 26.7 Å². The van der Waals surface area contributed by atoms with E-state index in [0.29, 0.717) is 31.2 Å². The summed E-state index contributed by atoms with van der Waals surface area (Å²) in [4.78, 5) is 26.8. The van der Waals surface area contributed by atoms with E-state index >= 15 is 0 Å². The molecule has 0 radical (unpaired) electrons. The summed E-state index contributed by atoms with van der Waals surface area (Å²) in [7, 11) is 0. The predicted molar refractivity (Wildman–Crippen MR) is 109 cm³/mol. The summed E-state index contributed by atoms with van der Waals surface area (Å²) in [5, 5.41) is 2.90. The maximum atomic E-state index is 12.7. The van der Waals surface area contributed by atoms with Crippen molar-refractivity contribution in [3.05, 3.63) is 48.5 Å². The molecule has 1 fully saturated rings. The number of anilines is 2. The van der Waals surface area contributed by atoms with Gasteiger partial charge in [-0.3, -0.25) is 9.59 Å². The number of para-hydroxylation sites is 2. The van der Waals surface area contributed by atoms with Gasteiger partial charge in [-0.15, -0.1) is 0 Å². The molecule has 0 aliphatic carbocycles. The first-order chi connectivity index (χ1) is 13.6. The first-order valence-corrected chi connectivity index (χ1v) is 9.68. The third-order valence-corrected chi connectivity index (χ3v) is 4.56. The highest BCUT2D eigenvalue weighted by Gasteiger charge is 2.35. The average Bonchev–Trinajstić information content (AvgIpc) is 3.10. The Hall–Kier alpha value is -3.02. The zero-order chi connectivity index (χ0) is 19.9. The second kappa shape index (κ2) is 9.26. The zero-order valence-electron chi connectivity index (χ0n) is 16.3. The van der Waals surface area contributed by atoms with Crippen LogP contribution in [0.15, 0.2) is 48.5 Å². The molecule has 0 spiro atoms. The van der Waals surface area contributed by atoms with Gasteiger partial charge in [-0.05, 0) is 49.7 Å². The van der Waals surface area contributed by atoms with Crippen molar-refractivity contribution in [2.24, 2.45) is 5.92 Å². The summed E-state index contributed by atoms with van der Waals surface area (Å²) < 4.78 is 11.1. The van der Waals surface area contributed by atoms with E-state index < -0.39 is 5.92 Å². The van der Waals surface area contributed by atoms with Gasteiger partial charge < -0.3 is 19.7 Å². The van der Waals surface area contributed by atoms with Crippen molar-refractivity contribution < 1.29 is 19.1 Å². The molecule has 1 heterocycles. The molecule has 1 N–H and O–H groups in total. The molecular weight excluding hydrogens is 356 g/mol. The minimum atomic E-state index is -0.404. The summed E-state index contributed by atoms with van der Waals surface area (Å²) in [6.07, 6.45) is 1.13. The Kier molecular flexibility index (Phi) is 6.53. The Balaban J connectivity index is 1.64. The molecule has 6 nitrogen and oxygen atoms in total. The van der Waals surface area contributed by atoms with Crippen LogP contribution in [0.3, 0.4) is 0 Å². The number of ether oxygens (including phenoxy) is 2. The third-order valence-electron chi connectivity index (χ3n) is 4.56. The van der Waals surface area contributed by atoms with E-state index in [4.69, 9.17) is 9.47 Å². The monoisotopic (exact) mass is 382 g/mol. The van der Waals surface area contributed by atoms with Crippen molar-refractivity contribution in [3.8, 4) is 11.5 Å².